The summed E-state index contributed by atoms with van der Waals surface area (Å²) in [6, 6.07) is 9.63. The highest BCUT2D eigenvalue weighted by molar-refractivity contribution is 5.96. The average Bonchev–Trinajstić information content (AvgIpc) is 3.09. The Labute approximate surface area is 146 Å². The second kappa shape index (κ2) is 6.20. The molecule has 0 unspecified atom stereocenters. The molecule has 1 aliphatic heterocycles. The molecule has 0 bridgehead atoms. The molecule has 130 valence electrons. The first-order chi connectivity index (χ1) is 11.8. The molecule has 6 nitrogen and oxygen atoms in total. The van der Waals surface area contributed by atoms with Crippen molar-refractivity contribution in [3.05, 3.63) is 59.6 Å². The first-order valence-electron chi connectivity index (χ1n) is 8.05. The molecule has 1 aromatic heterocycles. The van der Waals surface area contributed by atoms with E-state index in [9.17, 15) is 9.59 Å². The van der Waals surface area contributed by atoms with Crippen LogP contribution in [0.2, 0.25) is 0 Å². The molecule has 0 radical (unpaired) electrons. The van der Waals surface area contributed by atoms with Crippen molar-refractivity contribution in [1.29, 1.82) is 0 Å². The zero-order chi connectivity index (χ0) is 18.2. The SMILES string of the molecule is CN1/C(=C\C(=O)COC(=O)c2ccnn2C)C(C)(C)c2ccccc21. The summed E-state index contributed by atoms with van der Waals surface area (Å²) in [5.74, 6) is -0.813. The number of esters is 1. The van der Waals surface area contributed by atoms with Crippen LogP contribution in [0.1, 0.15) is 29.9 Å². The molecule has 0 amide bonds. The predicted molar refractivity (Wildman–Crippen MR) is 94.5 cm³/mol. The third-order valence-corrected chi connectivity index (χ3v) is 4.61. The Morgan fingerprint density at radius 1 is 1.20 bits per heavy atom. The Bertz CT molecular complexity index is 864. The second-order valence-corrected chi connectivity index (χ2v) is 6.61. The maximum atomic E-state index is 12.3. The van der Waals surface area contributed by atoms with Gasteiger partial charge in [-0.2, -0.15) is 5.10 Å². The summed E-state index contributed by atoms with van der Waals surface area (Å²) in [7, 11) is 3.59. The number of likely N-dealkylation sites (N-methyl/N-ethyl adjacent to an activating group) is 1. The van der Waals surface area contributed by atoms with Gasteiger partial charge in [-0.3, -0.25) is 9.48 Å². The number of hydrogen-bond acceptors (Lipinski definition) is 5. The minimum Gasteiger partial charge on any atom is -0.453 e. The summed E-state index contributed by atoms with van der Waals surface area (Å²) >= 11 is 0. The first-order valence-corrected chi connectivity index (χ1v) is 8.05. The van der Waals surface area contributed by atoms with Crippen LogP contribution in [0.15, 0.2) is 48.3 Å². The number of fused-ring (bicyclic) bond motifs is 1. The van der Waals surface area contributed by atoms with E-state index in [0.29, 0.717) is 5.69 Å². The van der Waals surface area contributed by atoms with Crippen LogP contribution in [0, 0.1) is 0 Å². The van der Waals surface area contributed by atoms with Crippen LogP contribution in [-0.4, -0.2) is 35.2 Å². The van der Waals surface area contributed by atoms with Gasteiger partial charge in [0.15, 0.2) is 12.4 Å². The minimum atomic E-state index is -0.561. The molecule has 1 aliphatic rings. The quantitative estimate of drug-likeness (QED) is 0.632. The van der Waals surface area contributed by atoms with Gasteiger partial charge in [-0.15, -0.1) is 0 Å². The molecule has 0 spiro atoms. The Morgan fingerprint density at radius 3 is 2.56 bits per heavy atom. The van der Waals surface area contributed by atoms with E-state index in [4.69, 9.17) is 4.74 Å². The van der Waals surface area contributed by atoms with Crippen molar-refractivity contribution in [2.24, 2.45) is 7.05 Å². The standard InChI is InChI=1S/C19H21N3O3/c1-19(2)14-7-5-6-8-15(14)21(3)17(19)11-13(23)12-25-18(24)16-9-10-20-22(16)4/h5-11H,12H2,1-4H3/b17-11-. The summed E-state index contributed by atoms with van der Waals surface area (Å²) in [5, 5.41) is 3.91. The summed E-state index contributed by atoms with van der Waals surface area (Å²) in [6.07, 6.45) is 3.07. The molecule has 0 saturated heterocycles. The number of ether oxygens (including phenoxy) is 1. The lowest BCUT2D eigenvalue weighted by atomic mass is 9.83. The number of hydrogen-bond donors (Lipinski definition) is 0. The topological polar surface area (TPSA) is 64.4 Å². The van der Waals surface area contributed by atoms with Gasteiger partial charge in [0.1, 0.15) is 5.69 Å². The molecule has 0 fully saturated rings. The van der Waals surface area contributed by atoms with E-state index in [-0.39, 0.29) is 17.8 Å². The summed E-state index contributed by atoms with van der Waals surface area (Å²) in [4.78, 5) is 26.3. The molecular formula is C19H21N3O3. The Hall–Kier alpha value is -2.89. The predicted octanol–water partition coefficient (Wildman–Crippen LogP) is 2.46. The molecule has 0 saturated carbocycles. The lowest BCUT2D eigenvalue weighted by molar-refractivity contribution is -0.117. The number of allylic oxidation sites excluding steroid dienone is 1. The number of benzene rings is 1. The van der Waals surface area contributed by atoms with Crippen LogP contribution in [0.3, 0.4) is 0 Å². The van der Waals surface area contributed by atoms with Crippen LogP contribution < -0.4 is 4.90 Å². The Balaban J connectivity index is 1.74. The molecule has 2 heterocycles. The van der Waals surface area contributed by atoms with Crippen molar-refractivity contribution in [2.75, 3.05) is 18.6 Å². The molecule has 0 N–H and O–H groups in total. The van der Waals surface area contributed by atoms with E-state index in [1.807, 2.05) is 30.1 Å². The fourth-order valence-corrected chi connectivity index (χ4v) is 3.24. The summed E-state index contributed by atoms with van der Waals surface area (Å²) in [5.41, 5.74) is 3.16. The number of carbonyl (C=O) groups excluding carboxylic acids is 2. The normalized spacial score (nSPS) is 16.8. The number of aromatic nitrogens is 2. The number of rotatable bonds is 4. The van der Waals surface area contributed by atoms with Gasteiger partial charge in [0.25, 0.3) is 0 Å². The number of para-hydroxylation sites is 1. The molecule has 3 rings (SSSR count). The van der Waals surface area contributed by atoms with E-state index in [1.54, 1.807) is 19.2 Å². The van der Waals surface area contributed by atoms with Crippen molar-refractivity contribution in [3.63, 3.8) is 0 Å². The van der Waals surface area contributed by atoms with Crippen LogP contribution >= 0.6 is 0 Å². The lowest BCUT2D eigenvalue weighted by Crippen LogP contribution is -2.25. The number of carbonyl (C=O) groups is 2. The molecule has 1 aromatic carbocycles. The van der Waals surface area contributed by atoms with Gasteiger partial charge in [0.2, 0.25) is 0 Å². The molecule has 2 aromatic rings. The van der Waals surface area contributed by atoms with E-state index >= 15 is 0 Å². The fraction of sp³-hybridized carbons (Fsp3) is 0.316. The van der Waals surface area contributed by atoms with Gasteiger partial charge >= 0.3 is 5.97 Å². The molecule has 6 heteroatoms. The largest absolute Gasteiger partial charge is 0.453 e. The van der Waals surface area contributed by atoms with Crippen LogP contribution in [0.25, 0.3) is 0 Å². The molecular weight excluding hydrogens is 318 g/mol. The monoisotopic (exact) mass is 339 g/mol. The van der Waals surface area contributed by atoms with Crippen molar-refractivity contribution < 1.29 is 14.3 Å². The summed E-state index contributed by atoms with van der Waals surface area (Å²) < 4.78 is 6.52. The van der Waals surface area contributed by atoms with Crippen molar-refractivity contribution in [1.82, 2.24) is 9.78 Å². The van der Waals surface area contributed by atoms with Crippen LogP contribution in [0.5, 0.6) is 0 Å². The third kappa shape index (κ3) is 2.95. The first kappa shape index (κ1) is 17.0. The number of anilines is 1. The third-order valence-electron chi connectivity index (χ3n) is 4.61. The highest BCUT2D eigenvalue weighted by Gasteiger charge is 2.38. The van der Waals surface area contributed by atoms with E-state index in [2.05, 4.69) is 25.0 Å². The number of aryl methyl sites for hydroxylation is 1. The van der Waals surface area contributed by atoms with E-state index < -0.39 is 5.97 Å². The minimum absolute atomic E-state index is 0.252. The zero-order valence-electron chi connectivity index (χ0n) is 14.8. The second-order valence-electron chi connectivity index (χ2n) is 6.61. The van der Waals surface area contributed by atoms with Gasteiger partial charge < -0.3 is 9.64 Å². The van der Waals surface area contributed by atoms with Gasteiger partial charge in [-0.25, -0.2) is 4.79 Å². The number of nitrogens with zero attached hydrogens (tertiary/aromatic N) is 3. The van der Waals surface area contributed by atoms with Crippen molar-refractivity contribution in [2.45, 2.75) is 19.3 Å². The lowest BCUT2D eigenvalue weighted by Gasteiger charge is -2.23. The van der Waals surface area contributed by atoms with Gasteiger partial charge in [-0.1, -0.05) is 32.0 Å². The molecule has 0 aliphatic carbocycles. The maximum Gasteiger partial charge on any atom is 0.357 e. The number of ketones is 1. The highest BCUT2D eigenvalue weighted by atomic mass is 16.5. The van der Waals surface area contributed by atoms with Gasteiger partial charge in [-0.05, 0) is 17.7 Å². The fourth-order valence-electron chi connectivity index (χ4n) is 3.24. The zero-order valence-corrected chi connectivity index (χ0v) is 14.8. The maximum absolute atomic E-state index is 12.3. The molecule has 25 heavy (non-hydrogen) atoms. The Morgan fingerprint density at radius 2 is 1.92 bits per heavy atom. The summed E-state index contributed by atoms with van der Waals surface area (Å²) in [6.45, 7) is 3.86. The van der Waals surface area contributed by atoms with E-state index in [0.717, 1.165) is 11.4 Å². The highest BCUT2D eigenvalue weighted by Crippen LogP contribution is 2.46. The van der Waals surface area contributed by atoms with Crippen molar-refractivity contribution in [3.8, 4) is 0 Å². The smallest absolute Gasteiger partial charge is 0.357 e. The molecule has 0 atom stereocenters. The van der Waals surface area contributed by atoms with Crippen LogP contribution in [-0.2, 0) is 22.0 Å². The van der Waals surface area contributed by atoms with Crippen LogP contribution in [0.4, 0.5) is 5.69 Å². The van der Waals surface area contributed by atoms with E-state index in [1.165, 1.54) is 16.4 Å². The van der Waals surface area contributed by atoms with Crippen molar-refractivity contribution >= 4 is 17.4 Å². The Kier molecular flexibility index (Phi) is 4.20. The average molecular weight is 339 g/mol. The van der Waals surface area contributed by atoms with Gasteiger partial charge in [0, 0.05) is 43.2 Å². The van der Waals surface area contributed by atoms with Gasteiger partial charge in [0.05, 0.1) is 0 Å².